The van der Waals surface area contributed by atoms with Crippen LogP contribution in [0, 0.1) is 0 Å². The molecule has 3 rings (SSSR count). The monoisotopic (exact) mass is 273 g/mol. The van der Waals surface area contributed by atoms with Gasteiger partial charge in [0, 0.05) is 7.11 Å². The number of methoxy groups -OCH3 is 1. The molecule has 0 aromatic heterocycles. The quantitative estimate of drug-likeness (QED) is 0.870. The maximum Gasteiger partial charge on any atom is 0.256 e. The van der Waals surface area contributed by atoms with Gasteiger partial charge in [-0.3, -0.25) is 4.79 Å². The van der Waals surface area contributed by atoms with Crippen molar-refractivity contribution >= 4 is 11.5 Å². The average Bonchev–Trinajstić information content (AvgIpc) is 2.72. The molecule has 2 N–H and O–H groups in total. The van der Waals surface area contributed by atoms with Gasteiger partial charge in [-0.1, -0.05) is 30.3 Å². The van der Waals surface area contributed by atoms with Gasteiger partial charge in [0.15, 0.2) is 0 Å². The number of rotatable bonds is 2. The number of aliphatic hydroxyl groups excluding tert-OH is 1. The molecule has 1 fully saturated rings. The lowest BCUT2D eigenvalue weighted by Crippen LogP contribution is -2.48. The Balaban J connectivity index is 1.93. The highest BCUT2D eigenvalue weighted by Crippen LogP contribution is 2.41. The van der Waals surface area contributed by atoms with Crippen molar-refractivity contribution in [1.29, 1.82) is 0 Å². The highest BCUT2D eigenvalue weighted by Gasteiger charge is 2.47. The largest absolute Gasteiger partial charge is 0.509 e. The third-order valence-electron chi connectivity index (χ3n) is 4.45. The third kappa shape index (κ3) is 2.00. The minimum absolute atomic E-state index is 0.176. The SMILES string of the molecule is COC1CCC2(CC1)NC(=O)C(c1ccccc1)=C2O. The molecule has 4 heteroatoms. The van der Waals surface area contributed by atoms with Crippen LogP contribution in [-0.2, 0) is 9.53 Å². The standard InChI is InChI=1S/C16H19NO3/c1-20-12-7-9-16(10-8-12)14(18)13(15(19)17-16)11-5-3-2-4-6-11/h2-6,12,18H,7-10H2,1H3,(H,17,19). The van der Waals surface area contributed by atoms with Crippen molar-refractivity contribution in [3.05, 3.63) is 41.7 Å². The summed E-state index contributed by atoms with van der Waals surface area (Å²) in [5.41, 5.74) is 0.604. The van der Waals surface area contributed by atoms with E-state index in [1.54, 1.807) is 7.11 Å². The third-order valence-corrected chi connectivity index (χ3v) is 4.45. The summed E-state index contributed by atoms with van der Waals surface area (Å²) in [7, 11) is 1.71. The molecule has 0 radical (unpaired) electrons. The van der Waals surface area contributed by atoms with Crippen LogP contribution in [0.15, 0.2) is 36.1 Å². The molecule has 0 bridgehead atoms. The van der Waals surface area contributed by atoms with Crippen molar-refractivity contribution in [2.24, 2.45) is 0 Å². The van der Waals surface area contributed by atoms with Crippen molar-refractivity contribution in [1.82, 2.24) is 5.32 Å². The fourth-order valence-electron chi connectivity index (χ4n) is 3.24. The lowest BCUT2D eigenvalue weighted by molar-refractivity contribution is -0.116. The maximum absolute atomic E-state index is 12.2. The van der Waals surface area contributed by atoms with Gasteiger partial charge in [-0.15, -0.1) is 0 Å². The Morgan fingerprint density at radius 2 is 1.90 bits per heavy atom. The zero-order valence-corrected chi connectivity index (χ0v) is 11.6. The first kappa shape index (κ1) is 13.2. The molecule has 4 nitrogen and oxygen atoms in total. The molecule has 1 aliphatic heterocycles. The van der Waals surface area contributed by atoms with Gasteiger partial charge in [-0.05, 0) is 31.2 Å². The molecule has 1 aromatic carbocycles. The molecular formula is C16H19NO3. The first-order valence-corrected chi connectivity index (χ1v) is 7.01. The van der Waals surface area contributed by atoms with Crippen LogP contribution in [0.25, 0.3) is 5.57 Å². The van der Waals surface area contributed by atoms with Crippen LogP contribution in [0.2, 0.25) is 0 Å². The number of hydrogen-bond acceptors (Lipinski definition) is 3. The normalized spacial score (nSPS) is 29.9. The fourth-order valence-corrected chi connectivity index (χ4v) is 3.24. The van der Waals surface area contributed by atoms with Gasteiger partial charge in [0.2, 0.25) is 0 Å². The first-order valence-electron chi connectivity index (χ1n) is 7.01. The summed E-state index contributed by atoms with van der Waals surface area (Å²) in [5, 5.41) is 13.6. The number of amides is 1. The Bertz CT molecular complexity index is 542. The van der Waals surface area contributed by atoms with Crippen molar-refractivity contribution < 1.29 is 14.6 Å². The van der Waals surface area contributed by atoms with Gasteiger partial charge < -0.3 is 15.2 Å². The Morgan fingerprint density at radius 3 is 2.50 bits per heavy atom. The van der Waals surface area contributed by atoms with Crippen molar-refractivity contribution in [3.8, 4) is 0 Å². The molecule has 0 unspecified atom stereocenters. The minimum Gasteiger partial charge on any atom is -0.509 e. The molecule has 1 spiro atoms. The van der Waals surface area contributed by atoms with E-state index < -0.39 is 5.54 Å². The maximum atomic E-state index is 12.2. The number of aliphatic hydroxyl groups is 1. The number of carbonyl (C=O) groups is 1. The van der Waals surface area contributed by atoms with Crippen LogP contribution in [-0.4, -0.2) is 29.8 Å². The van der Waals surface area contributed by atoms with Crippen molar-refractivity contribution in [2.75, 3.05) is 7.11 Å². The van der Waals surface area contributed by atoms with E-state index in [9.17, 15) is 9.90 Å². The molecule has 2 aliphatic rings. The summed E-state index contributed by atoms with van der Waals surface area (Å²) < 4.78 is 5.36. The van der Waals surface area contributed by atoms with E-state index >= 15 is 0 Å². The Hall–Kier alpha value is -1.81. The predicted molar refractivity (Wildman–Crippen MR) is 76.1 cm³/mol. The summed E-state index contributed by atoms with van der Waals surface area (Å²) in [6, 6.07) is 9.34. The van der Waals surface area contributed by atoms with E-state index in [0.717, 1.165) is 31.2 Å². The van der Waals surface area contributed by atoms with Crippen LogP contribution in [0.5, 0.6) is 0 Å². The zero-order chi connectivity index (χ0) is 14.2. The molecule has 1 aromatic rings. The molecule has 20 heavy (non-hydrogen) atoms. The van der Waals surface area contributed by atoms with Gasteiger partial charge in [-0.2, -0.15) is 0 Å². The van der Waals surface area contributed by atoms with Crippen molar-refractivity contribution in [2.45, 2.75) is 37.3 Å². The smallest absolute Gasteiger partial charge is 0.256 e. The molecule has 0 saturated heterocycles. The predicted octanol–water partition coefficient (Wildman–Crippen LogP) is 2.41. The van der Waals surface area contributed by atoms with E-state index in [0.29, 0.717) is 5.57 Å². The van der Waals surface area contributed by atoms with E-state index in [4.69, 9.17) is 4.74 Å². The lowest BCUT2D eigenvalue weighted by Gasteiger charge is -2.36. The Morgan fingerprint density at radius 1 is 1.25 bits per heavy atom. The van der Waals surface area contributed by atoms with Crippen LogP contribution >= 0.6 is 0 Å². The molecule has 1 aliphatic carbocycles. The van der Waals surface area contributed by atoms with Crippen LogP contribution < -0.4 is 5.32 Å². The van der Waals surface area contributed by atoms with Gasteiger partial charge in [0.05, 0.1) is 17.2 Å². The summed E-state index contributed by atoms with van der Waals surface area (Å²) in [5.74, 6) is 0.0211. The van der Waals surface area contributed by atoms with Gasteiger partial charge in [-0.25, -0.2) is 0 Å². The number of benzene rings is 1. The van der Waals surface area contributed by atoms with Crippen LogP contribution in [0.1, 0.15) is 31.2 Å². The molecular weight excluding hydrogens is 254 g/mol. The number of carbonyl (C=O) groups excluding carboxylic acids is 1. The van der Waals surface area contributed by atoms with Crippen LogP contribution in [0.4, 0.5) is 0 Å². The highest BCUT2D eigenvalue weighted by atomic mass is 16.5. The summed E-state index contributed by atoms with van der Waals surface area (Å²) in [6.07, 6.45) is 3.37. The van der Waals surface area contributed by atoms with E-state index in [-0.39, 0.29) is 17.8 Å². The molecule has 1 amide bonds. The second-order valence-corrected chi connectivity index (χ2v) is 5.56. The van der Waals surface area contributed by atoms with Gasteiger partial charge in [0.1, 0.15) is 5.76 Å². The van der Waals surface area contributed by atoms with Crippen LogP contribution in [0.3, 0.4) is 0 Å². The number of ether oxygens (including phenoxy) is 1. The fraction of sp³-hybridized carbons (Fsp3) is 0.438. The Labute approximate surface area is 118 Å². The summed E-state index contributed by atoms with van der Waals surface area (Å²) >= 11 is 0. The number of nitrogens with one attached hydrogen (secondary N) is 1. The lowest BCUT2D eigenvalue weighted by atomic mass is 9.79. The summed E-state index contributed by atoms with van der Waals surface area (Å²) in [6.45, 7) is 0. The first-order chi connectivity index (χ1) is 9.66. The molecule has 1 saturated carbocycles. The average molecular weight is 273 g/mol. The van der Waals surface area contributed by atoms with Gasteiger partial charge in [0.25, 0.3) is 5.91 Å². The van der Waals surface area contributed by atoms with E-state index in [1.807, 2.05) is 30.3 Å². The molecule has 1 heterocycles. The van der Waals surface area contributed by atoms with E-state index in [2.05, 4.69) is 5.32 Å². The minimum atomic E-state index is -0.586. The topological polar surface area (TPSA) is 58.6 Å². The second-order valence-electron chi connectivity index (χ2n) is 5.56. The zero-order valence-electron chi connectivity index (χ0n) is 11.6. The van der Waals surface area contributed by atoms with Gasteiger partial charge >= 0.3 is 0 Å². The van der Waals surface area contributed by atoms with E-state index in [1.165, 1.54) is 0 Å². The molecule has 106 valence electrons. The highest BCUT2D eigenvalue weighted by molar-refractivity contribution is 6.23. The second kappa shape index (κ2) is 4.94. The molecule has 0 atom stereocenters. The van der Waals surface area contributed by atoms with Crippen molar-refractivity contribution in [3.63, 3.8) is 0 Å². The number of hydrogen-bond donors (Lipinski definition) is 2. The Kier molecular flexibility index (Phi) is 3.26. The summed E-state index contributed by atoms with van der Waals surface area (Å²) in [4.78, 5) is 12.2.